The number of hydrogen-bond acceptors (Lipinski definition) is 7. The van der Waals surface area contributed by atoms with E-state index in [1.54, 1.807) is 37.6 Å². The van der Waals surface area contributed by atoms with Crippen molar-refractivity contribution in [3.05, 3.63) is 47.5 Å². The Balaban J connectivity index is 1.60. The minimum absolute atomic E-state index is 0.400. The van der Waals surface area contributed by atoms with Crippen molar-refractivity contribution in [1.82, 2.24) is 29.1 Å². The van der Waals surface area contributed by atoms with Gasteiger partial charge in [0.15, 0.2) is 16.5 Å². The van der Waals surface area contributed by atoms with Crippen molar-refractivity contribution in [2.75, 3.05) is 6.61 Å². The lowest BCUT2D eigenvalue weighted by atomic mass is 10.1. The summed E-state index contributed by atoms with van der Waals surface area (Å²) in [5.74, 6) is 1.36. The summed E-state index contributed by atoms with van der Waals surface area (Å²) >= 11 is 1.56. The summed E-state index contributed by atoms with van der Waals surface area (Å²) in [7, 11) is 0. The molecule has 0 aliphatic rings. The molecule has 0 amide bonds. The molecule has 0 aromatic carbocycles. The number of aliphatic hydroxyl groups is 1. The Kier molecular flexibility index (Phi) is 5.33. The fourth-order valence-electron chi connectivity index (χ4n) is 3.10. The van der Waals surface area contributed by atoms with Crippen LogP contribution in [0.4, 0.5) is 0 Å². The summed E-state index contributed by atoms with van der Waals surface area (Å²) in [6, 6.07) is 3.72. The van der Waals surface area contributed by atoms with Gasteiger partial charge in [-0.2, -0.15) is 0 Å². The SMILES string of the molecule is CCc1c(Cn2ccnc2-c2nccs2)nc2ccc(OCCC(C)(C)O)nn12. The van der Waals surface area contributed by atoms with Crippen LogP contribution in [0.5, 0.6) is 5.88 Å². The number of rotatable bonds is 8. The van der Waals surface area contributed by atoms with Gasteiger partial charge in [-0.1, -0.05) is 6.92 Å². The Morgan fingerprint density at radius 3 is 2.79 bits per heavy atom. The Labute approximate surface area is 172 Å². The van der Waals surface area contributed by atoms with Gasteiger partial charge >= 0.3 is 0 Å². The third-order valence-corrected chi connectivity index (χ3v) is 5.36. The van der Waals surface area contributed by atoms with Gasteiger partial charge in [-0.15, -0.1) is 16.4 Å². The van der Waals surface area contributed by atoms with E-state index in [0.29, 0.717) is 25.5 Å². The van der Waals surface area contributed by atoms with Gasteiger partial charge in [0.05, 0.1) is 30.1 Å². The van der Waals surface area contributed by atoms with E-state index in [9.17, 15) is 5.11 Å². The number of fused-ring (bicyclic) bond motifs is 1. The molecule has 0 fully saturated rings. The number of aromatic nitrogens is 6. The van der Waals surface area contributed by atoms with Gasteiger partial charge in [-0.05, 0) is 26.3 Å². The predicted molar refractivity (Wildman–Crippen MR) is 111 cm³/mol. The lowest BCUT2D eigenvalue weighted by molar-refractivity contribution is 0.0545. The summed E-state index contributed by atoms with van der Waals surface area (Å²) in [5, 5.41) is 17.3. The van der Waals surface area contributed by atoms with E-state index in [2.05, 4.69) is 26.6 Å². The molecule has 0 saturated carbocycles. The molecule has 0 aliphatic carbocycles. The van der Waals surface area contributed by atoms with Crippen LogP contribution in [0.25, 0.3) is 16.5 Å². The molecular weight excluding hydrogens is 388 g/mol. The van der Waals surface area contributed by atoms with Crippen LogP contribution in [0.2, 0.25) is 0 Å². The van der Waals surface area contributed by atoms with E-state index in [0.717, 1.165) is 34.3 Å². The lowest BCUT2D eigenvalue weighted by Gasteiger charge is -2.16. The summed E-state index contributed by atoms with van der Waals surface area (Å²) in [6.45, 7) is 6.61. The average Bonchev–Trinajstić information content (AvgIpc) is 3.39. The first-order valence-corrected chi connectivity index (χ1v) is 10.5. The smallest absolute Gasteiger partial charge is 0.231 e. The third-order valence-electron chi connectivity index (χ3n) is 4.59. The zero-order valence-corrected chi connectivity index (χ0v) is 17.6. The van der Waals surface area contributed by atoms with E-state index >= 15 is 0 Å². The first-order chi connectivity index (χ1) is 13.9. The Morgan fingerprint density at radius 1 is 1.21 bits per heavy atom. The highest BCUT2D eigenvalue weighted by molar-refractivity contribution is 7.13. The topological polar surface area (TPSA) is 90.4 Å². The fourth-order valence-corrected chi connectivity index (χ4v) is 3.75. The maximum atomic E-state index is 9.84. The van der Waals surface area contributed by atoms with Crippen molar-refractivity contribution >= 4 is 17.0 Å². The van der Waals surface area contributed by atoms with Gasteiger partial charge in [0.2, 0.25) is 5.88 Å². The van der Waals surface area contributed by atoms with E-state index in [1.165, 1.54) is 0 Å². The number of ether oxygens (including phenoxy) is 1. The number of hydrogen-bond donors (Lipinski definition) is 1. The van der Waals surface area contributed by atoms with Gasteiger partial charge in [0.25, 0.3) is 0 Å². The van der Waals surface area contributed by atoms with E-state index in [-0.39, 0.29) is 0 Å². The number of imidazole rings is 2. The second kappa shape index (κ2) is 7.92. The molecule has 4 rings (SSSR count). The molecule has 8 nitrogen and oxygen atoms in total. The number of aryl methyl sites for hydroxylation is 1. The van der Waals surface area contributed by atoms with Gasteiger partial charge in [-0.25, -0.2) is 19.5 Å². The molecule has 0 radical (unpaired) electrons. The molecule has 0 bridgehead atoms. The minimum Gasteiger partial charge on any atom is -0.477 e. The van der Waals surface area contributed by atoms with Crippen LogP contribution in [0.3, 0.4) is 0 Å². The maximum Gasteiger partial charge on any atom is 0.231 e. The van der Waals surface area contributed by atoms with Crippen molar-refractivity contribution in [2.24, 2.45) is 0 Å². The van der Waals surface area contributed by atoms with Gasteiger partial charge in [0, 0.05) is 36.5 Å². The molecule has 152 valence electrons. The van der Waals surface area contributed by atoms with E-state index in [4.69, 9.17) is 9.72 Å². The highest BCUT2D eigenvalue weighted by Gasteiger charge is 2.17. The molecule has 4 heterocycles. The molecule has 4 aromatic heterocycles. The Morgan fingerprint density at radius 2 is 2.07 bits per heavy atom. The molecule has 0 saturated heterocycles. The fraction of sp³-hybridized carbons (Fsp3) is 0.400. The van der Waals surface area contributed by atoms with Crippen LogP contribution in [0, 0.1) is 0 Å². The normalized spacial score (nSPS) is 12.0. The molecule has 29 heavy (non-hydrogen) atoms. The van der Waals surface area contributed by atoms with Crippen molar-refractivity contribution in [3.63, 3.8) is 0 Å². The summed E-state index contributed by atoms with van der Waals surface area (Å²) in [5.41, 5.74) is 2.00. The van der Waals surface area contributed by atoms with Gasteiger partial charge in [-0.3, -0.25) is 0 Å². The van der Waals surface area contributed by atoms with Crippen LogP contribution in [0.15, 0.2) is 36.1 Å². The van der Waals surface area contributed by atoms with E-state index in [1.807, 2.05) is 28.2 Å². The third kappa shape index (κ3) is 4.30. The molecule has 0 atom stereocenters. The van der Waals surface area contributed by atoms with Crippen LogP contribution < -0.4 is 4.74 Å². The van der Waals surface area contributed by atoms with Crippen molar-refractivity contribution < 1.29 is 9.84 Å². The molecule has 1 N–H and O–H groups in total. The summed E-state index contributed by atoms with van der Waals surface area (Å²) in [6.07, 6.45) is 6.83. The maximum absolute atomic E-state index is 9.84. The molecule has 0 unspecified atom stereocenters. The monoisotopic (exact) mass is 412 g/mol. The lowest BCUT2D eigenvalue weighted by Crippen LogP contribution is -2.22. The average molecular weight is 413 g/mol. The Bertz CT molecular complexity index is 1090. The van der Waals surface area contributed by atoms with Crippen molar-refractivity contribution in [3.8, 4) is 16.7 Å². The summed E-state index contributed by atoms with van der Waals surface area (Å²) < 4.78 is 9.63. The van der Waals surface area contributed by atoms with Crippen LogP contribution >= 0.6 is 11.3 Å². The molecule has 9 heteroatoms. The molecule has 0 aliphatic heterocycles. The van der Waals surface area contributed by atoms with Crippen molar-refractivity contribution in [2.45, 2.75) is 45.8 Å². The van der Waals surface area contributed by atoms with E-state index < -0.39 is 5.60 Å². The van der Waals surface area contributed by atoms with Crippen LogP contribution in [-0.2, 0) is 13.0 Å². The molecule has 0 spiro atoms. The van der Waals surface area contributed by atoms with Gasteiger partial charge < -0.3 is 14.4 Å². The largest absolute Gasteiger partial charge is 0.477 e. The Hall–Kier alpha value is -2.78. The second-order valence-corrected chi connectivity index (χ2v) is 8.32. The molecule has 4 aromatic rings. The highest BCUT2D eigenvalue weighted by Crippen LogP contribution is 2.22. The quantitative estimate of drug-likeness (QED) is 0.478. The number of thiazole rings is 1. The molecular formula is C20H24N6O2S. The standard InChI is InChI=1S/C20H24N6O2S/c1-4-15-14(13-25-10-8-21-18(25)19-22-9-12-29-19)23-16-5-6-17(24-26(15)16)28-11-7-20(2,3)27/h5-6,8-10,12,27H,4,7,11,13H2,1-3H3. The van der Waals surface area contributed by atoms with Gasteiger partial charge in [0.1, 0.15) is 0 Å². The van der Waals surface area contributed by atoms with Crippen molar-refractivity contribution in [1.29, 1.82) is 0 Å². The zero-order chi connectivity index (χ0) is 20.4. The predicted octanol–water partition coefficient (Wildman–Crippen LogP) is 3.20. The van der Waals surface area contributed by atoms with Crippen LogP contribution in [0.1, 0.15) is 38.6 Å². The number of nitrogens with zero attached hydrogens (tertiary/aromatic N) is 6. The highest BCUT2D eigenvalue weighted by atomic mass is 32.1. The van der Waals surface area contributed by atoms with Crippen LogP contribution in [-0.4, -0.2) is 46.4 Å². The minimum atomic E-state index is -0.763. The first kappa shape index (κ1) is 19.5. The first-order valence-electron chi connectivity index (χ1n) is 9.58. The zero-order valence-electron chi connectivity index (χ0n) is 16.7. The second-order valence-electron chi connectivity index (χ2n) is 7.43. The summed E-state index contributed by atoms with van der Waals surface area (Å²) in [4.78, 5) is 13.6.